The molecule has 0 saturated carbocycles. The van der Waals surface area contributed by atoms with Crippen molar-refractivity contribution in [1.29, 1.82) is 0 Å². The van der Waals surface area contributed by atoms with Crippen molar-refractivity contribution in [3.05, 3.63) is 62.4 Å². The summed E-state index contributed by atoms with van der Waals surface area (Å²) in [5.74, 6) is 0.920. The van der Waals surface area contributed by atoms with Gasteiger partial charge in [-0.1, -0.05) is 28.1 Å². The van der Waals surface area contributed by atoms with Crippen molar-refractivity contribution in [2.24, 2.45) is 0 Å². The Morgan fingerprint density at radius 1 is 1.18 bits per heavy atom. The Bertz CT molecular complexity index is 1030. The molecule has 2 aromatic carbocycles. The molecular formula is C20H16Br2N2O3S. The standard InChI is InChI=1S/C20H16Br2N2O3S/c1-26-17-9-12(8-15(22)19(17)27-2)6-7-18(25)24-20-23-16(11-28-20)13-4-3-5-14(21)10-13/h3-11H,1-2H3,(H,23,24,25)/b7-6+. The van der Waals surface area contributed by atoms with Crippen LogP contribution in [0.2, 0.25) is 0 Å². The molecule has 0 aliphatic heterocycles. The SMILES string of the molecule is COc1cc(/C=C/C(=O)Nc2nc(-c3cccc(Br)c3)cs2)cc(Br)c1OC. The van der Waals surface area contributed by atoms with Gasteiger partial charge in [0.15, 0.2) is 16.6 Å². The first kappa shape index (κ1) is 20.6. The van der Waals surface area contributed by atoms with Gasteiger partial charge in [0, 0.05) is 21.5 Å². The highest BCUT2D eigenvalue weighted by Crippen LogP contribution is 2.36. The monoisotopic (exact) mass is 522 g/mol. The van der Waals surface area contributed by atoms with Crippen molar-refractivity contribution in [2.75, 3.05) is 19.5 Å². The van der Waals surface area contributed by atoms with Gasteiger partial charge in [-0.3, -0.25) is 10.1 Å². The molecule has 5 nitrogen and oxygen atoms in total. The lowest BCUT2D eigenvalue weighted by Gasteiger charge is -2.10. The third-order valence-electron chi connectivity index (χ3n) is 3.74. The molecule has 0 radical (unpaired) electrons. The molecule has 0 aliphatic rings. The topological polar surface area (TPSA) is 60.5 Å². The molecule has 1 aromatic heterocycles. The molecule has 0 bridgehead atoms. The van der Waals surface area contributed by atoms with Crippen LogP contribution in [0.25, 0.3) is 17.3 Å². The number of nitrogens with zero attached hydrogens (tertiary/aromatic N) is 1. The highest BCUT2D eigenvalue weighted by molar-refractivity contribution is 9.10. The molecule has 1 N–H and O–H groups in total. The molecule has 144 valence electrons. The Morgan fingerprint density at radius 3 is 2.71 bits per heavy atom. The number of benzene rings is 2. The smallest absolute Gasteiger partial charge is 0.250 e. The molecule has 8 heteroatoms. The van der Waals surface area contributed by atoms with Gasteiger partial charge in [-0.2, -0.15) is 0 Å². The van der Waals surface area contributed by atoms with E-state index in [0.717, 1.165) is 25.8 Å². The predicted octanol–water partition coefficient (Wildman–Crippen LogP) is 6.00. The number of rotatable bonds is 6. The Hall–Kier alpha value is -2.16. The van der Waals surface area contributed by atoms with E-state index >= 15 is 0 Å². The number of amides is 1. The van der Waals surface area contributed by atoms with Gasteiger partial charge in [-0.25, -0.2) is 4.98 Å². The summed E-state index contributed by atoms with van der Waals surface area (Å²) < 4.78 is 12.3. The Kier molecular flexibility index (Phi) is 6.88. The van der Waals surface area contributed by atoms with E-state index in [1.807, 2.05) is 35.7 Å². The second kappa shape index (κ2) is 9.36. The average molecular weight is 524 g/mol. The molecule has 0 spiro atoms. The van der Waals surface area contributed by atoms with Crippen LogP contribution in [0.1, 0.15) is 5.56 Å². The van der Waals surface area contributed by atoms with Crippen molar-refractivity contribution >= 4 is 60.3 Å². The number of anilines is 1. The van der Waals surface area contributed by atoms with Crippen LogP contribution in [0.4, 0.5) is 5.13 Å². The molecule has 0 unspecified atom stereocenters. The summed E-state index contributed by atoms with van der Waals surface area (Å²) in [4.78, 5) is 16.7. The quantitative estimate of drug-likeness (QED) is 0.402. The number of halogens is 2. The van der Waals surface area contributed by atoms with Gasteiger partial charge in [0.2, 0.25) is 5.91 Å². The van der Waals surface area contributed by atoms with Gasteiger partial charge in [-0.05, 0) is 51.8 Å². The van der Waals surface area contributed by atoms with Crippen LogP contribution in [0.5, 0.6) is 11.5 Å². The molecule has 0 saturated heterocycles. The summed E-state index contributed by atoms with van der Waals surface area (Å²) in [6.07, 6.45) is 3.15. The zero-order valence-electron chi connectivity index (χ0n) is 15.0. The van der Waals surface area contributed by atoms with Gasteiger partial charge >= 0.3 is 0 Å². The summed E-state index contributed by atoms with van der Waals surface area (Å²) in [5, 5.41) is 5.23. The van der Waals surface area contributed by atoms with Gasteiger partial charge in [0.1, 0.15) is 0 Å². The van der Waals surface area contributed by atoms with Gasteiger partial charge in [-0.15, -0.1) is 11.3 Å². The van der Waals surface area contributed by atoms with E-state index in [1.165, 1.54) is 17.4 Å². The van der Waals surface area contributed by atoms with E-state index in [-0.39, 0.29) is 5.91 Å². The summed E-state index contributed by atoms with van der Waals surface area (Å²) in [6, 6.07) is 11.5. The van der Waals surface area contributed by atoms with E-state index in [0.29, 0.717) is 16.6 Å². The molecule has 1 amide bonds. The zero-order chi connectivity index (χ0) is 20.1. The Labute approximate surface area is 183 Å². The molecule has 3 aromatic rings. The van der Waals surface area contributed by atoms with E-state index in [2.05, 4.69) is 42.2 Å². The van der Waals surface area contributed by atoms with Gasteiger partial charge < -0.3 is 9.47 Å². The van der Waals surface area contributed by atoms with Crippen molar-refractivity contribution in [2.45, 2.75) is 0 Å². The van der Waals surface area contributed by atoms with Crippen LogP contribution in [0.3, 0.4) is 0 Å². The van der Waals surface area contributed by atoms with Crippen molar-refractivity contribution in [3.8, 4) is 22.8 Å². The average Bonchev–Trinajstić information content (AvgIpc) is 3.14. The number of nitrogens with one attached hydrogen (secondary N) is 1. The fourth-order valence-corrected chi connectivity index (χ4v) is 4.21. The van der Waals surface area contributed by atoms with E-state index in [1.54, 1.807) is 26.4 Å². The third kappa shape index (κ3) is 5.01. The highest BCUT2D eigenvalue weighted by Gasteiger charge is 2.10. The second-order valence-electron chi connectivity index (χ2n) is 5.61. The maximum Gasteiger partial charge on any atom is 0.250 e. The molecule has 1 heterocycles. The number of hydrogen-bond donors (Lipinski definition) is 1. The second-order valence-corrected chi connectivity index (χ2v) is 8.24. The lowest BCUT2D eigenvalue weighted by molar-refractivity contribution is -0.111. The van der Waals surface area contributed by atoms with E-state index in [9.17, 15) is 4.79 Å². The third-order valence-corrected chi connectivity index (χ3v) is 5.58. The van der Waals surface area contributed by atoms with Crippen LogP contribution in [0.15, 0.2) is 56.8 Å². The lowest BCUT2D eigenvalue weighted by atomic mass is 10.2. The van der Waals surface area contributed by atoms with Crippen LogP contribution in [-0.2, 0) is 4.79 Å². The predicted molar refractivity (Wildman–Crippen MR) is 120 cm³/mol. The van der Waals surface area contributed by atoms with Crippen molar-refractivity contribution < 1.29 is 14.3 Å². The molecular weight excluding hydrogens is 508 g/mol. The van der Waals surface area contributed by atoms with Crippen LogP contribution < -0.4 is 14.8 Å². The molecule has 0 aliphatic carbocycles. The first-order valence-electron chi connectivity index (χ1n) is 8.12. The van der Waals surface area contributed by atoms with Crippen molar-refractivity contribution in [3.63, 3.8) is 0 Å². The number of hydrogen-bond acceptors (Lipinski definition) is 5. The zero-order valence-corrected chi connectivity index (χ0v) is 19.0. The largest absolute Gasteiger partial charge is 0.493 e. The first-order chi connectivity index (χ1) is 13.5. The Balaban J connectivity index is 1.70. The van der Waals surface area contributed by atoms with Gasteiger partial charge in [0.25, 0.3) is 0 Å². The minimum Gasteiger partial charge on any atom is -0.493 e. The lowest BCUT2D eigenvalue weighted by Crippen LogP contribution is -2.07. The van der Waals surface area contributed by atoms with E-state index in [4.69, 9.17) is 9.47 Å². The summed E-state index contributed by atoms with van der Waals surface area (Å²) >= 11 is 8.27. The number of thiazole rings is 1. The summed E-state index contributed by atoms with van der Waals surface area (Å²) in [5.41, 5.74) is 2.60. The fourth-order valence-electron chi connectivity index (χ4n) is 2.46. The van der Waals surface area contributed by atoms with Crippen LogP contribution in [0, 0.1) is 0 Å². The fraction of sp³-hybridized carbons (Fsp3) is 0.100. The van der Waals surface area contributed by atoms with Gasteiger partial charge in [0.05, 0.1) is 24.4 Å². The highest BCUT2D eigenvalue weighted by atomic mass is 79.9. The maximum atomic E-state index is 12.2. The van der Waals surface area contributed by atoms with E-state index < -0.39 is 0 Å². The number of carbonyl (C=O) groups is 1. The van der Waals surface area contributed by atoms with Crippen LogP contribution >= 0.6 is 43.2 Å². The molecule has 0 fully saturated rings. The van der Waals surface area contributed by atoms with Crippen molar-refractivity contribution in [1.82, 2.24) is 4.98 Å². The molecule has 3 rings (SSSR count). The number of ether oxygens (including phenoxy) is 2. The summed E-state index contributed by atoms with van der Waals surface area (Å²) in [6.45, 7) is 0. The normalized spacial score (nSPS) is 10.9. The number of aromatic nitrogens is 1. The number of carbonyl (C=O) groups excluding carboxylic acids is 1. The minimum absolute atomic E-state index is 0.263. The molecule has 0 atom stereocenters. The first-order valence-corrected chi connectivity index (χ1v) is 10.6. The Morgan fingerprint density at radius 2 is 2.00 bits per heavy atom. The molecule has 28 heavy (non-hydrogen) atoms. The minimum atomic E-state index is -0.263. The summed E-state index contributed by atoms with van der Waals surface area (Å²) in [7, 11) is 3.14. The van der Waals surface area contributed by atoms with Crippen LogP contribution in [-0.4, -0.2) is 25.1 Å². The maximum absolute atomic E-state index is 12.2. The number of methoxy groups -OCH3 is 2.